The molecule has 0 aliphatic carbocycles. The maximum absolute atomic E-state index is 13.8. The fourth-order valence-electron chi connectivity index (χ4n) is 5.55. The van der Waals surface area contributed by atoms with Gasteiger partial charge in [0.2, 0.25) is 0 Å². The summed E-state index contributed by atoms with van der Waals surface area (Å²) in [5.41, 5.74) is -3.15. The van der Waals surface area contributed by atoms with Crippen LogP contribution >= 0.6 is 15.8 Å². The third-order valence-corrected chi connectivity index (χ3v) is 14.2. The molecule has 1 aromatic carbocycles. The van der Waals surface area contributed by atoms with Gasteiger partial charge in [0.05, 0.1) is 27.4 Å². The molecular formula is C24H27F6NO2P2. The molecule has 2 fully saturated rings. The number of rotatable bonds is 3. The number of imide groups is 1. The molecule has 0 unspecified atom stereocenters. The topological polar surface area (TPSA) is 37.4 Å². The minimum atomic E-state index is -5.07. The Morgan fingerprint density at radius 3 is 1.26 bits per heavy atom. The zero-order chi connectivity index (χ0) is 26.0. The standard InChI is InChI=1S/C24H27F6NO2P2/c1-12-5-6-13(2)34(12)19-20(35-14(3)7-8-15(35)4)22(33)31(21(19)32)18-10-16(23(25,26)27)9-17(11-18)24(28,29)30/h9-15H,5-8H2,1-4H3/t12-,13-,14-,15-/m0/s1. The van der Waals surface area contributed by atoms with Crippen LogP contribution in [0, 0.1) is 0 Å². The normalized spacial score (nSPS) is 29.3. The molecular weight excluding hydrogens is 510 g/mol. The average Bonchev–Trinajstić information content (AvgIpc) is 3.33. The van der Waals surface area contributed by atoms with Crippen LogP contribution in [0.1, 0.15) is 64.5 Å². The highest BCUT2D eigenvalue weighted by atomic mass is 31.1. The summed E-state index contributed by atoms with van der Waals surface area (Å²) in [6.45, 7) is 8.06. The lowest BCUT2D eigenvalue weighted by atomic mass is 10.1. The monoisotopic (exact) mass is 537 g/mol. The molecule has 0 spiro atoms. The molecule has 2 saturated heterocycles. The van der Waals surface area contributed by atoms with E-state index < -0.39 is 56.8 Å². The number of carbonyl (C=O) groups is 2. The fraction of sp³-hybridized carbons (Fsp3) is 0.583. The maximum atomic E-state index is 13.8. The van der Waals surface area contributed by atoms with E-state index >= 15 is 0 Å². The number of hydrogen-bond donors (Lipinski definition) is 0. The number of hydrogen-bond acceptors (Lipinski definition) is 2. The Labute approximate surface area is 202 Å². The predicted octanol–water partition coefficient (Wildman–Crippen LogP) is 7.91. The van der Waals surface area contributed by atoms with Gasteiger partial charge in [0.15, 0.2) is 0 Å². The van der Waals surface area contributed by atoms with Crippen molar-refractivity contribution in [2.24, 2.45) is 0 Å². The van der Waals surface area contributed by atoms with Gasteiger partial charge in [0.1, 0.15) is 0 Å². The smallest absolute Gasteiger partial charge is 0.268 e. The molecule has 0 radical (unpaired) electrons. The zero-order valence-corrected chi connectivity index (χ0v) is 21.6. The SMILES string of the molecule is C[C@H]1CC[C@H](C)P1C1=C(P2[C@@H](C)CC[C@@H]2C)C(=O)N(c2cc(C(F)(F)F)cc(C(F)(F)F)c2)C1=O. The molecule has 192 valence electrons. The Morgan fingerprint density at radius 2 is 0.971 bits per heavy atom. The highest BCUT2D eigenvalue weighted by molar-refractivity contribution is 7.70. The highest BCUT2D eigenvalue weighted by Gasteiger charge is 2.51. The second-order valence-corrected chi connectivity index (χ2v) is 15.8. The minimum absolute atomic E-state index is 0.0141. The molecule has 0 bridgehead atoms. The first kappa shape index (κ1) is 26.6. The Bertz CT molecular complexity index is 985. The average molecular weight is 537 g/mol. The van der Waals surface area contributed by atoms with Gasteiger partial charge < -0.3 is 0 Å². The van der Waals surface area contributed by atoms with Crippen LogP contribution in [0.25, 0.3) is 0 Å². The van der Waals surface area contributed by atoms with Gasteiger partial charge in [-0.25, -0.2) is 4.90 Å². The number of amides is 2. The summed E-state index contributed by atoms with van der Waals surface area (Å²) in [6, 6.07) is 0.977. The molecule has 3 aliphatic heterocycles. The molecule has 2 amide bonds. The van der Waals surface area contributed by atoms with Gasteiger partial charge in [-0.1, -0.05) is 43.5 Å². The number of benzene rings is 1. The van der Waals surface area contributed by atoms with E-state index in [1.807, 2.05) is 27.7 Å². The van der Waals surface area contributed by atoms with Crippen LogP contribution in [-0.2, 0) is 21.9 Å². The fourth-order valence-corrected chi connectivity index (χ4v) is 12.8. The molecule has 4 rings (SSSR count). The Hall–Kier alpha value is -1.46. The molecule has 3 heterocycles. The van der Waals surface area contributed by atoms with Gasteiger partial charge in [-0.15, -0.1) is 0 Å². The summed E-state index contributed by atoms with van der Waals surface area (Å²) in [6.07, 6.45) is -6.66. The van der Waals surface area contributed by atoms with Crippen molar-refractivity contribution in [3.63, 3.8) is 0 Å². The first-order valence-corrected chi connectivity index (χ1v) is 14.6. The van der Waals surface area contributed by atoms with Crippen LogP contribution in [0.3, 0.4) is 0 Å². The van der Waals surface area contributed by atoms with Crippen molar-refractivity contribution in [2.75, 3.05) is 4.90 Å². The second-order valence-electron chi connectivity index (χ2n) is 9.77. The zero-order valence-electron chi connectivity index (χ0n) is 19.8. The number of anilines is 1. The first-order valence-electron chi connectivity index (χ1n) is 11.6. The largest absolute Gasteiger partial charge is 0.416 e. The third kappa shape index (κ3) is 4.68. The van der Waals surface area contributed by atoms with E-state index in [1.165, 1.54) is 0 Å². The molecule has 0 aromatic heterocycles. The van der Waals surface area contributed by atoms with Gasteiger partial charge in [-0.2, -0.15) is 26.3 Å². The molecule has 0 saturated carbocycles. The Kier molecular flexibility index (Phi) is 6.94. The molecule has 11 heteroatoms. The van der Waals surface area contributed by atoms with Crippen molar-refractivity contribution in [3.05, 3.63) is 40.0 Å². The van der Waals surface area contributed by atoms with E-state index in [0.717, 1.165) is 25.7 Å². The third-order valence-electron chi connectivity index (χ3n) is 7.29. The van der Waals surface area contributed by atoms with E-state index in [9.17, 15) is 35.9 Å². The van der Waals surface area contributed by atoms with E-state index in [1.54, 1.807) is 0 Å². The van der Waals surface area contributed by atoms with Gasteiger partial charge >= 0.3 is 12.4 Å². The lowest BCUT2D eigenvalue weighted by Crippen LogP contribution is -2.32. The lowest BCUT2D eigenvalue weighted by Gasteiger charge is -2.26. The molecule has 4 atom stereocenters. The Morgan fingerprint density at radius 1 is 0.657 bits per heavy atom. The van der Waals surface area contributed by atoms with Crippen molar-refractivity contribution in [1.29, 1.82) is 0 Å². The maximum Gasteiger partial charge on any atom is 0.416 e. The van der Waals surface area contributed by atoms with Crippen LogP contribution in [0.5, 0.6) is 0 Å². The molecule has 3 aliphatic rings. The van der Waals surface area contributed by atoms with Crippen molar-refractivity contribution >= 4 is 33.3 Å². The summed E-state index contributed by atoms with van der Waals surface area (Å²) in [7, 11) is -2.13. The molecule has 3 nitrogen and oxygen atoms in total. The molecule has 35 heavy (non-hydrogen) atoms. The van der Waals surface area contributed by atoms with Gasteiger partial charge in [-0.3, -0.25) is 9.59 Å². The van der Waals surface area contributed by atoms with Crippen molar-refractivity contribution in [3.8, 4) is 0 Å². The van der Waals surface area contributed by atoms with E-state index in [0.29, 0.717) is 27.7 Å². The van der Waals surface area contributed by atoms with E-state index in [-0.39, 0.29) is 28.7 Å². The highest BCUT2D eigenvalue weighted by Crippen LogP contribution is 2.71. The van der Waals surface area contributed by atoms with Crippen LogP contribution in [0.4, 0.5) is 32.0 Å². The first-order chi connectivity index (χ1) is 16.1. The predicted molar refractivity (Wildman–Crippen MR) is 126 cm³/mol. The van der Waals surface area contributed by atoms with Gasteiger partial charge in [0, 0.05) is 0 Å². The minimum Gasteiger partial charge on any atom is -0.268 e. The quantitative estimate of drug-likeness (QED) is 0.223. The number of alkyl halides is 6. The summed E-state index contributed by atoms with van der Waals surface area (Å²) in [5.74, 6) is -1.48. The van der Waals surface area contributed by atoms with Crippen molar-refractivity contribution in [2.45, 2.75) is 88.4 Å². The van der Waals surface area contributed by atoms with E-state index in [4.69, 9.17) is 0 Å². The van der Waals surface area contributed by atoms with Gasteiger partial charge in [-0.05, 0) is 66.5 Å². The summed E-state index contributed by atoms with van der Waals surface area (Å²) in [4.78, 5) is 28.2. The summed E-state index contributed by atoms with van der Waals surface area (Å²) in [5, 5.41) is 0.778. The number of halogens is 6. The van der Waals surface area contributed by atoms with Crippen LogP contribution in [0.15, 0.2) is 28.8 Å². The van der Waals surface area contributed by atoms with Crippen molar-refractivity contribution < 1.29 is 35.9 Å². The Balaban J connectivity index is 1.90. The lowest BCUT2D eigenvalue weighted by molar-refractivity contribution is -0.143. The molecule has 0 N–H and O–H groups in total. The van der Waals surface area contributed by atoms with Gasteiger partial charge in [0.25, 0.3) is 11.8 Å². The van der Waals surface area contributed by atoms with Crippen LogP contribution in [0.2, 0.25) is 0 Å². The summed E-state index contributed by atoms with van der Waals surface area (Å²) >= 11 is 0. The van der Waals surface area contributed by atoms with Crippen LogP contribution < -0.4 is 4.90 Å². The summed E-state index contributed by atoms with van der Waals surface area (Å²) < 4.78 is 81.0. The van der Waals surface area contributed by atoms with E-state index in [2.05, 4.69) is 0 Å². The number of nitrogens with zero attached hydrogens (tertiary/aromatic N) is 1. The molecule has 1 aromatic rings. The second kappa shape index (κ2) is 9.13. The number of carbonyl (C=O) groups excluding carboxylic acids is 2. The van der Waals surface area contributed by atoms with Crippen LogP contribution in [-0.4, -0.2) is 34.5 Å². The van der Waals surface area contributed by atoms with Crippen molar-refractivity contribution in [1.82, 2.24) is 0 Å².